The summed E-state index contributed by atoms with van der Waals surface area (Å²) < 4.78 is 0. The van der Waals surface area contributed by atoms with E-state index in [0.717, 1.165) is 6.42 Å². The molecule has 4 rings (SSSR count). The van der Waals surface area contributed by atoms with Gasteiger partial charge in [-0.05, 0) is 40.2 Å². The lowest BCUT2D eigenvalue weighted by molar-refractivity contribution is 0.685. The Morgan fingerprint density at radius 2 is 1.55 bits per heavy atom. The standard InChI is InChI=1S/C22H22/c1-4-15(5-2)21-18(6-3)22(21)19-13-9-7-11-16(19)17-12-8-10-14-20(17)22/h7-14,18,21H,1,5-6H2,2-3H3/t18-,21+/m0/s1. The fourth-order valence-corrected chi connectivity index (χ4v) is 5.03. The Labute approximate surface area is 133 Å². The first-order valence-electron chi connectivity index (χ1n) is 8.38. The van der Waals surface area contributed by atoms with Crippen molar-refractivity contribution in [2.45, 2.75) is 32.1 Å². The van der Waals surface area contributed by atoms with Crippen molar-refractivity contribution in [1.29, 1.82) is 0 Å². The average Bonchev–Trinajstić information content (AvgIpc) is 3.16. The van der Waals surface area contributed by atoms with Crippen molar-refractivity contribution in [3.8, 4) is 11.1 Å². The maximum atomic E-state index is 3.97. The Kier molecular flexibility index (Phi) is 2.93. The molecule has 2 aliphatic rings. The highest BCUT2D eigenvalue weighted by atomic mass is 14.7. The van der Waals surface area contributed by atoms with E-state index in [2.05, 4.69) is 74.7 Å². The molecule has 2 atom stereocenters. The molecule has 0 aromatic heterocycles. The molecule has 0 unspecified atom stereocenters. The van der Waals surface area contributed by atoms with Gasteiger partial charge in [0.15, 0.2) is 0 Å². The summed E-state index contributed by atoms with van der Waals surface area (Å²) >= 11 is 0. The van der Waals surface area contributed by atoms with Gasteiger partial charge >= 0.3 is 0 Å². The van der Waals surface area contributed by atoms with Crippen LogP contribution in [-0.2, 0) is 5.41 Å². The molecule has 0 heterocycles. The Morgan fingerprint density at radius 1 is 1.00 bits per heavy atom. The van der Waals surface area contributed by atoms with E-state index >= 15 is 0 Å². The second-order valence-corrected chi connectivity index (χ2v) is 6.51. The first-order valence-corrected chi connectivity index (χ1v) is 8.38. The maximum Gasteiger partial charge on any atom is 0.0324 e. The van der Waals surface area contributed by atoms with Crippen LogP contribution in [0.15, 0.2) is 66.4 Å². The number of hydrogen-bond donors (Lipinski definition) is 0. The van der Waals surface area contributed by atoms with Crippen molar-refractivity contribution in [1.82, 2.24) is 0 Å². The third-order valence-electron chi connectivity index (χ3n) is 5.83. The highest BCUT2D eigenvalue weighted by molar-refractivity contribution is 5.84. The second kappa shape index (κ2) is 4.73. The molecule has 22 heavy (non-hydrogen) atoms. The molecule has 0 aliphatic heterocycles. The minimum absolute atomic E-state index is 0.179. The lowest BCUT2D eigenvalue weighted by atomic mass is 9.87. The summed E-state index contributed by atoms with van der Waals surface area (Å²) in [4.78, 5) is 0. The van der Waals surface area contributed by atoms with E-state index in [1.165, 1.54) is 34.2 Å². The van der Waals surface area contributed by atoms with E-state index in [1.54, 1.807) is 0 Å². The molecule has 2 aromatic rings. The van der Waals surface area contributed by atoms with Gasteiger partial charge < -0.3 is 0 Å². The zero-order valence-electron chi connectivity index (χ0n) is 13.4. The Morgan fingerprint density at radius 3 is 2.00 bits per heavy atom. The lowest BCUT2D eigenvalue weighted by Crippen LogP contribution is -2.11. The summed E-state index contributed by atoms with van der Waals surface area (Å²) in [6.07, 6.45) is 2.26. The van der Waals surface area contributed by atoms with Gasteiger partial charge in [0, 0.05) is 11.3 Å². The Hall–Kier alpha value is -2.04. The molecule has 110 valence electrons. The van der Waals surface area contributed by atoms with Gasteiger partial charge in [-0.3, -0.25) is 0 Å². The van der Waals surface area contributed by atoms with Crippen molar-refractivity contribution in [2.24, 2.45) is 11.8 Å². The van der Waals surface area contributed by atoms with Gasteiger partial charge in [-0.1, -0.05) is 75.4 Å². The van der Waals surface area contributed by atoms with Crippen molar-refractivity contribution >= 4 is 0 Å². The van der Waals surface area contributed by atoms with Crippen LogP contribution in [-0.4, -0.2) is 0 Å². The molecule has 0 saturated heterocycles. The SMILES string of the molecule is C=C=C(CC)[C@@H]1[C@H](CC)C12c1ccccc1-c1ccccc12. The molecule has 0 nitrogen and oxygen atoms in total. The second-order valence-electron chi connectivity index (χ2n) is 6.51. The maximum absolute atomic E-state index is 3.97. The summed E-state index contributed by atoms with van der Waals surface area (Å²) in [5, 5.41) is 0. The monoisotopic (exact) mass is 286 g/mol. The molecule has 0 amide bonds. The summed E-state index contributed by atoms with van der Waals surface area (Å²) in [5.74, 6) is 1.26. The van der Waals surface area contributed by atoms with Crippen molar-refractivity contribution in [3.63, 3.8) is 0 Å². The van der Waals surface area contributed by atoms with Gasteiger partial charge in [-0.25, -0.2) is 0 Å². The highest BCUT2D eigenvalue weighted by Gasteiger charge is 2.69. The minimum atomic E-state index is 0.179. The zero-order chi connectivity index (χ0) is 15.3. The fraction of sp³-hybridized carbons (Fsp3) is 0.318. The summed E-state index contributed by atoms with van der Waals surface area (Å²) in [7, 11) is 0. The van der Waals surface area contributed by atoms with Crippen LogP contribution >= 0.6 is 0 Å². The molecule has 0 radical (unpaired) electrons. The molecular weight excluding hydrogens is 264 g/mol. The molecule has 2 aliphatic carbocycles. The molecule has 2 aromatic carbocycles. The number of rotatable bonds is 3. The van der Waals surface area contributed by atoms with Gasteiger partial charge in [0.1, 0.15) is 0 Å². The average molecular weight is 286 g/mol. The van der Waals surface area contributed by atoms with Crippen LogP contribution in [0.1, 0.15) is 37.8 Å². The van der Waals surface area contributed by atoms with E-state index in [4.69, 9.17) is 0 Å². The zero-order valence-corrected chi connectivity index (χ0v) is 13.4. The predicted octanol–water partition coefficient (Wildman–Crippen LogP) is 5.73. The number of allylic oxidation sites excluding steroid dienone is 1. The van der Waals surface area contributed by atoms with Crippen LogP contribution in [0.3, 0.4) is 0 Å². The quantitative estimate of drug-likeness (QED) is 0.632. The Bertz CT molecular complexity index is 744. The largest absolute Gasteiger partial charge is 0.129 e. The van der Waals surface area contributed by atoms with Crippen LogP contribution in [0, 0.1) is 11.8 Å². The van der Waals surface area contributed by atoms with E-state index < -0.39 is 0 Å². The van der Waals surface area contributed by atoms with Crippen LogP contribution < -0.4 is 0 Å². The molecule has 0 heteroatoms. The van der Waals surface area contributed by atoms with Gasteiger partial charge in [0.25, 0.3) is 0 Å². The topological polar surface area (TPSA) is 0 Å². The van der Waals surface area contributed by atoms with Gasteiger partial charge in [-0.2, -0.15) is 0 Å². The smallest absolute Gasteiger partial charge is 0.0324 e. The van der Waals surface area contributed by atoms with E-state index in [0.29, 0.717) is 11.8 Å². The van der Waals surface area contributed by atoms with Crippen LogP contribution in [0.2, 0.25) is 0 Å². The van der Waals surface area contributed by atoms with E-state index in [9.17, 15) is 0 Å². The molecule has 1 saturated carbocycles. The predicted molar refractivity (Wildman–Crippen MR) is 92.9 cm³/mol. The Balaban J connectivity index is 2.01. The van der Waals surface area contributed by atoms with Crippen LogP contribution in [0.25, 0.3) is 11.1 Å². The molecule has 0 N–H and O–H groups in total. The van der Waals surface area contributed by atoms with E-state index in [1.807, 2.05) is 0 Å². The molecular formula is C22H22. The van der Waals surface area contributed by atoms with Crippen LogP contribution in [0.5, 0.6) is 0 Å². The third kappa shape index (κ3) is 1.44. The fourth-order valence-electron chi connectivity index (χ4n) is 5.03. The summed E-state index contributed by atoms with van der Waals surface area (Å²) in [5.41, 5.74) is 10.7. The van der Waals surface area contributed by atoms with Gasteiger partial charge in [0.05, 0.1) is 0 Å². The van der Waals surface area contributed by atoms with Crippen LogP contribution in [0.4, 0.5) is 0 Å². The number of benzene rings is 2. The third-order valence-corrected chi connectivity index (χ3v) is 5.83. The normalized spacial score (nSPS) is 22.8. The first kappa shape index (κ1) is 13.6. The number of hydrogen-bond acceptors (Lipinski definition) is 0. The molecule has 1 spiro atoms. The van der Waals surface area contributed by atoms with Crippen molar-refractivity contribution in [2.75, 3.05) is 0 Å². The first-order chi connectivity index (χ1) is 10.8. The minimum Gasteiger partial charge on any atom is -0.129 e. The molecule has 1 fully saturated rings. The van der Waals surface area contributed by atoms with Gasteiger partial charge in [-0.15, -0.1) is 5.73 Å². The van der Waals surface area contributed by atoms with E-state index in [-0.39, 0.29) is 5.41 Å². The lowest BCUT2D eigenvalue weighted by Gasteiger charge is -2.15. The number of fused-ring (bicyclic) bond motifs is 5. The van der Waals surface area contributed by atoms with Crippen molar-refractivity contribution in [3.05, 3.63) is 77.5 Å². The molecule has 0 bridgehead atoms. The van der Waals surface area contributed by atoms with Crippen molar-refractivity contribution < 1.29 is 0 Å². The summed E-state index contributed by atoms with van der Waals surface area (Å²) in [6, 6.07) is 18.0. The highest BCUT2D eigenvalue weighted by Crippen LogP contribution is 2.73. The summed E-state index contributed by atoms with van der Waals surface area (Å²) in [6.45, 7) is 8.53. The van der Waals surface area contributed by atoms with Gasteiger partial charge in [0.2, 0.25) is 0 Å².